The summed E-state index contributed by atoms with van der Waals surface area (Å²) in [6.45, 7) is 8.49. The highest BCUT2D eigenvalue weighted by atomic mass is 35.5. The predicted octanol–water partition coefficient (Wildman–Crippen LogP) is 5.16. The summed E-state index contributed by atoms with van der Waals surface area (Å²) in [7, 11) is 1.59. The van der Waals surface area contributed by atoms with Crippen molar-refractivity contribution in [3.63, 3.8) is 0 Å². The maximum absolute atomic E-state index is 13.8. The van der Waals surface area contributed by atoms with Crippen LogP contribution in [0.2, 0.25) is 5.02 Å². The van der Waals surface area contributed by atoms with E-state index in [1.807, 2.05) is 11.0 Å². The Labute approximate surface area is 218 Å². The van der Waals surface area contributed by atoms with Crippen LogP contribution in [0.5, 0.6) is 0 Å². The lowest BCUT2D eigenvalue weighted by atomic mass is 9.86. The van der Waals surface area contributed by atoms with E-state index in [-0.39, 0.29) is 29.8 Å². The average Bonchev–Trinajstić information content (AvgIpc) is 3.34. The van der Waals surface area contributed by atoms with Crippen molar-refractivity contribution in [3.05, 3.63) is 94.3 Å². The summed E-state index contributed by atoms with van der Waals surface area (Å²) in [6, 6.07) is 19.1. The zero-order valence-electron chi connectivity index (χ0n) is 21.4. The van der Waals surface area contributed by atoms with Gasteiger partial charge in [0.1, 0.15) is 6.54 Å². The van der Waals surface area contributed by atoms with E-state index in [0.29, 0.717) is 36.8 Å². The smallest absolute Gasteiger partial charge is 0.254 e. The van der Waals surface area contributed by atoms with Crippen molar-refractivity contribution in [1.82, 2.24) is 14.4 Å². The molecule has 0 radical (unpaired) electrons. The third-order valence-electron chi connectivity index (χ3n) is 6.72. The Morgan fingerprint density at radius 2 is 1.72 bits per heavy atom. The molecule has 6 nitrogen and oxygen atoms in total. The van der Waals surface area contributed by atoms with Crippen molar-refractivity contribution in [3.8, 4) is 0 Å². The molecule has 0 fully saturated rings. The second-order valence-corrected chi connectivity index (χ2v) is 10.7. The minimum atomic E-state index is -0.219. The number of halogens is 1. The molecule has 0 saturated carbocycles. The normalized spacial score (nSPS) is 15.5. The molecule has 0 bridgehead atoms. The molecule has 1 aromatic heterocycles. The minimum absolute atomic E-state index is 0.0257. The molecule has 4 rings (SSSR count). The highest BCUT2D eigenvalue weighted by Crippen LogP contribution is 2.34. The third kappa shape index (κ3) is 5.66. The molecule has 1 unspecified atom stereocenters. The Balaban J connectivity index is 1.61. The molecule has 2 heterocycles. The Kier molecular flexibility index (Phi) is 7.86. The van der Waals surface area contributed by atoms with Crippen molar-refractivity contribution in [1.29, 1.82) is 0 Å². The van der Waals surface area contributed by atoms with Crippen LogP contribution in [0.4, 0.5) is 0 Å². The molecular formula is C29H34ClN3O3. The first kappa shape index (κ1) is 26.0. The van der Waals surface area contributed by atoms with Gasteiger partial charge in [-0.25, -0.2) is 0 Å². The number of methoxy groups -OCH3 is 1. The number of aromatic nitrogens is 1. The van der Waals surface area contributed by atoms with Crippen LogP contribution >= 0.6 is 11.6 Å². The second-order valence-electron chi connectivity index (χ2n) is 10.2. The summed E-state index contributed by atoms with van der Waals surface area (Å²) in [6.07, 6.45) is 2.06. The van der Waals surface area contributed by atoms with E-state index in [0.717, 1.165) is 11.3 Å². The van der Waals surface area contributed by atoms with E-state index in [9.17, 15) is 9.59 Å². The number of nitrogens with zero attached hydrogens (tertiary/aromatic N) is 3. The Hall–Kier alpha value is -3.09. The van der Waals surface area contributed by atoms with Crippen LogP contribution in [0.15, 0.2) is 66.9 Å². The van der Waals surface area contributed by atoms with E-state index in [1.165, 1.54) is 5.56 Å². The van der Waals surface area contributed by atoms with Gasteiger partial charge in [0.25, 0.3) is 5.91 Å². The van der Waals surface area contributed by atoms with Crippen molar-refractivity contribution in [2.45, 2.75) is 38.8 Å². The van der Waals surface area contributed by atoms with Gasteiger partial charge >= 0.3 is 0 Å². The van der Waals surface area contributed by atoms with Gasteiger partial charge in [0.15, 0.2) is 0 Å². The zero-order valence-corrected chi connectivity index (χ0v) is 22.2. The number of hydrogen-bond donors (Lipinski definition) is 0. The van der Waals surface area contributed by atoms with Gasteiger partial charge in [0.05, 0.1) is 12.6 Å². The molecule has 0 N–H and O–H groups in total. The van der Waals surface area contributed by atoms with E-state index in [2.05, 4.69) is 61.9 Å². The summed E-state index contributed by atoms with van der Waals surface area (Å²) in [5, 5.41) is 0.558. The topological polar surface area (TPSA) is 54.8 Å². The van der Waals surface area contributed by atoms with Gasteiger partial charge in [0, 0.05) is 49.2 Å². The molecule has 7 heteroatoms. The quantitative estimate of drug-likeness (QED) is 0.444. The van der Waals surface area contributed by atoms with Crippen LogP contribution in [0.25, 0.3) is 0 Å². The monoisotopic (exact) mass is 507 g/mol. The molecule has 36 heavy (non-hydrogen) atoms. The summed E-state index contributed by atoms with van der Waals surface area (Å²) in [4.78, 5) is 30.5. The number of benzene rings is 2. The lowest BCUT2D eigenvalue weighted by Gasteiger charge is -2.38. The number of carbonyl (C=O) groups excluding carboxylic acids is 2. The molecule has 0 spiro atoms. The van der Waals surface area contributed by atoms with Crippen molar-refractivity contribution < 1.29 is 14.3 Å². The fourth-order valence-corrected chi connectivity index (χ4v) is 4.78. The number of ether oxygens (including phenoxy) is 1. The van der Waals surface area contributed by atoms with Gasteiger partial charge in [-0.3, -0.25) is 9.59 Å². The molecule has 190 valence electrons. The molecule has 1 aliphatic heterocycles. The lowest BCUT2D eigenvalue weighted by molar-refractivity contribution is -0.134. The fraction of sp³-hybridized carbons (Fsp3) is 0.379. The van der Waals surface area contributed by atoms with E-state index >= 15 is 0 Å². The largest absolute Gasteiger partial charge is 0.383 e. The molecule has 0 saturated heterocycles. The number of hydrogen-bond acceptors (Lipinski definition) is 3. The third-order valence-corrected chi connectivity index (χ3v) is 6.97. The Morgan fingerprint density at radius 3 is 2.36 bits per heavy atom. The van der Waals surface area contributed by atoms with Gasteiger partial charge in [-0.05, 0) is 52.9 Å². The highest BCUT2D eigenvalue weighted by Gasteiger charge is 2.33. The first-order valence-corrected chi connectivity index (χ1v) is 12.7. The molecule has 3 aromatic rings. The van der Waals surface area contributed by atoms with Crippen LogP contribution in [0.1, 0.15) is 54.0 Å². The number of carbonyl (C=O) groups is 2. The van der Waals surface area contributed by atoms with Gasteiger partial charge in [0.2, 0.25) is 5.91 Å². The molecule has 1 aliphatic rings. The summed E-state index contributed by atoms with van der Waals surface area (Å²) in [5.74, 6) is -0.311. The Bertz CT molecular complexity index is 1200. The van der Waals surface area contributed by atoms with E-state index < -0.39 is 0 Å². The van der Waals surface area contributed by atoms with Crippen LogP contribution < -0.4 is 0 Å². The maximum atomic E-state index is 13.8. The summed E-state index contributed by atoms with van der Waals surface area (Å²) >= 11 is 6.00. The van der Waals surface area contributed by atoms with Gasteiger partial charge < -0.3 is 19.1 Å². The second kappa shape index (κ2) is 10.9. The summed E-state index contributed by atoms with van der Waals surface area (Å²) in [5.41, 5.74) is 3.92. The molecule has 0 aliphatic carbocycles. The number of rotatable bonds is 7. The average molecular weight is 508 g/mol. The maximum Gasteiger partial charge on any atom is 0.254 e. The SMILES string of the molecule is COCCN(CC(=O)N1CCn2cccc2C1c1ccc(C(C)(C)C)cc1)C(=O)c1ccc(Cl)cc1. The van der Waals surface area contributed by atoms with E-state index in [1.54, 1.807) is 36.3 Å². The van der Waals surface area contributed by atoms with Crippen LogP contribution in [0, 0.1) is 0 Å². The molecule has 2 amide bonds. The first-order chi connectivity index (χ1) is 17.2. The standard InChI is InChI=1S/C29H34ClN3O3/c1-29(2,3)23-11-7-21(8-12-23)27-25-6-5-15-31(25)16-17-33(27)26(34)20-32(18-19-36-4)28(35)22-9-13-24(30)14-10-22/h5-15,27H,16-20H2,1-4H3. The van der Waals surface area contributed by atoms with Crippen molar-refractivity contribution in [2.24, 2.45) is 0 Å². The minimum Gasteiger partial charge on any atom is -0.383 e. The van der Waals surface area contributed by atoms with Crippen molar-refractivity contribution >= 4 is 23.4 Å². The van der Waals surface area contributed by atoms with Crippen LogP contribution in [-0.2, 0) is 21.5 Å². The van der Waals surface area contributed by atoms with Gasteiger partial charge in [-0.1, -0.05) is 56.6 Å². The molecule has 1 atom stereocenters. The van der Waals surface area contributed by atoms with Crippen LogP contribution in [-0.4, -0.2) is 59.5 Å². The number of amides is 2. The van der Waals surface area contributed by atoms with E-state index in [4.69, 9.17) is 16.3 Å². The highest BCUT2D eigenvalue weighted by molar-refractivity contribution is 6.30. The lowest BCUT2D eigenvalue weighted by Crippen LogP contribution is -2.48. The van der Waals surface area contributed by atoms with Gasteiger partial charge in [-0.2, -0.15) is 0 Å². The van der Waals surface area contributed by atoms with Crippen molar-refractivity contribution in [2.75, 3.05) is 33.4 Å². The molecular weight excluding hydrogens is 474 g/mol. The zero-order chi connectivity index (χ0) is 25.9. The van der Waals surface area contributed by atoms with Gasteiger partial charge in [-0.15, -0.1) is 0 Å². The Morgan fingerprint density at radius 1 is 1.03 bits per heavy atom. The summed E-state index contributed by atoms with van der Waals surface area (Å²) < 4.78 is 7.43. The molecule has 2 aromatic carbocycles. The predicted molar refractivity (Wildman–Crippen MR) is 142 cm³/mol. The van der Waals surface area contributed by atoms with Crippen LogP contribution in [0.3, 0.4) is 0 Å². The number of fused-ring (bicyclic) bond motifs is 1. The fourth-order valence-electron chi connectivity index (χ4n) is 4.65. The first-order valence-electron chi connectivity index (χ1n) is 12.3.